The smallest absolute Gasteiger partial charge is 0.309 e. The first-order valence-electron chi connectivity index (χ1n) is 2.51. The summed E-state index contributed by atoms with van der Waals surface area (Å²) in [5.41, 5.74) is 0. The molecule has 5 nitrogen and oxygen atoms in total. The van der Waals surface area contributed by atoms with Gasteiger partial charge in [-0.3, -0.25) is 9.89 Å². The summed E-state index contributed by atoms with van der Waals surface area (Å²) in [6.07, 6.45) is 0. The predicted octanol–water partition coefficient (Wildman–Crippen LogP) is 0.393. The Morgan fingerprint density at radius 2 is 2.50 bits per heavy atom. The molecule has 1 aromatic rings. The number of rotatable bonds is 1. The summed E-state index contributed by atoms with van der Waals surface area (Å²) < 4.78 is 4.86. The molecule has 1 rings (SSSR count). The SMILES string of the molecule is CC(=O)Oc1n[nH][nH]c1=S. The molecule has 0 spiro atoms. The second-order valence-corrected chi connectivity index (χ2v) is 1.98. The molecule has 0 aliphatic carbocycles. The lowest BCUT2D eigenvalue weighted by Crippen LogP contribution is -2.01. The maximum Gasteiger partial charge on any atom is 0.309 e. The zero-order chi connectivity index (χ0) is 7.56. The van der Waals surface area contributed by atoms with Crippen LogP contribution >= 0.6 is 12.2 Å². The quantitative estimate of drug-likeness (QED) is 0.459. The van der Waals surface area contributed by atoms with E-state index in [0.29, 0.717) is 0 Å². The van der Waals surface area contributed by atoms with Gasteiger partial charge in [0.25, 0.3) is 5.88 Å². The van der Waals surface area contributed by atoms with E-state index in [0.717, 1.165) is 0 Å². The van der Waals surface area contributed by atoms with Gasteiger partial charge in [-0.1, -0.05) is 12.2 Å². The van der Waals surface area contributed by atoms with E-state index in [1.165, 1.54) is 6.92 Å². The van der Waals surface area contributed by atoms with Crippen LogP contribution in [0.5, 0.6) is 5.88 Å². The molecule has 0 radical (unpaired) electrons. The maximum atomic E-state index is 10.3. The van der Waals surface area contributed by atoms with Gasteiger partial charge in [0.2, 0.25) is 0 Å². The number of aromatic amines is 2. The van der Waals surface area contributed by atoms with Gasteiger partial charge in [0.05, 0.1) is 0 Å². The molecule has 0 unspecified atom stereocenters. The minimum Gasteiger partial charge on any atom is -0.403 e. The Morgan fingerprint density at radius 3 is 2.90 bits per heavy atom. The highest BCUT2D eigenvalue weighted by molar-refractivity contribution is 7.71. The predicted molar refractivity (Wildman–Crippen MR) is 35.1 cm³/mol. The van der Waals surface area contributed by atoms with E-state index in [2.05, 4.69) is 32.4 Å². The fourth-order valence-corrected chi connectivity index (χ4v) is 0.572. The molecule has 2 N–H and O–H groups in total. The van der Waals surface area contributed by atoms with Crippen molar-refractivity contribution in [1.82, 2.24) is 15.4 Å². The summed E-state index contributed by atoms with van der Waals surface area (Å²) in [4.78, 5) is 10.3. The lowest BCUT2D eigenvalue weighted by Gasteiger charge is -1.90. The van der Waals surface area contributed by atoms with Crippen LogP contribution in [0, 0.1) is 4.64 Å². The van der Waals surface area contributed by atoms with Gasteiger partial charge < -0.3 is 4.74 Å². The maximum absolute atomic E-state index is 10.3. The van der Waals surface area contributed by atoms with E-state index < -0.39 is 5.97 Å². The third-order valence-corrected chi connectivity index (χ3v) is 1.04. The molecular formula is C4H5N3O2S. The zero-order valence-electron chi connectivity index (χ0n) is 5.17. The molecule has 1 heterocycles. The van der Waals surface area contributed by atoms with Gasteiger partial charge in [-0.05, 0) is 0 Å². The molecule has 1 aromatic heterocycles. The largest absolute Gasteiger partial charge is 0.403 e. The number of esters is 1. The number of hydrogen-bond donors (Lipinski definition) is 2. The van der Waals surface area contributed by atoms with Crippen LogP contribution < -0.4 is 4.74 Å². The lowest BCUT2D eigenvalue weighted by molar-refractivity contribution is -0.132. The first kappa shape index (κ1) is 6.94. The molecule has 0 fully saturated rings. The van der Waals surface area contributed by atoms with Crippen LogP contribution in [0.4, 0.5) is 0 Å². The summed E-state index contributed by atoms with van der Waals surface area (Å²) in [6, 6.07) is 0. The monoisotopic (exact) mass is 159 g/mol. The van der Waals surface area contributed by atoms with Gasteiger partial charge in [0, 0.05) is 6.92 Å². The van der Waals surface area contributed by atoms with Gasteiger partial charge in [-0.2, -0.15) is 0 Å². The Hall–Kier alpha value is -1.17. The molecule has 0 bridgehead atoms. The highest BCUT2D eigenvalue weighted by atomic mass is 32.1. The Labute approximate surface area is 61.4 Å². The van der Waals surface area contributed by atoms with Crippen LogP contribution in [-0.2, 0) is 4.79 Å². The lowest BCUT2D eigenvalue weighted by atomic mass is 10.8. The molecule has 10 heavy (non-hydrogen) atoms. The molecule has 0 amide bonds. The number of nitrogens with one attached hydrogen (secondary N) is 2. The first-order chi connectivity index (χ1) is 4.70. The summed E-state index contributed by atoms with van der Waals surface area (Å²) in [5, 5.41) is 8.35. The van der Waals surface area contributed by atoms with Gasteiger partial charge in [-0.25, -0.2) is 5.21 Å². The number of carbonyl (C=O) groups excluding carboxylic acids is 1. The average Bonchev–Trinajstić information content (AvgIpc) is 2.15. The summed E-state index contributed by atoms with van der Waals surface area (Å²) in [7, 11) is 0. The fourth-order valence-electron chi connectivity index (χ4n) is 0.439. The van der Waals surface area contributed by atoms with E-state index in [1.807, 2.05) is 0 Å². The standard InChI is InChI=1S/C4H5N3O2S/c1-2(8)9-3-4(10)6-7-5-3/h1H3,(H2,5,6,7,10). The zero-order valence-corrected chi connectivity index (χ0v) is 5.99. The highest BCUT2D eigenvalue weighted by Gasteiger charge is 2.01. The molecule has 6 heteroatoms. The van der Waals surface area contributed by atoms with Crippen LogP contribution in [-0.4, -0.2) is 21.4 Å². The van der Waals surface area contributed by atoms with Crippen LogP contribution in [0.2, 0.25) is 0 Å². The molecule has 0 aliphatic rings. The van der Waals surface area contributed by atoms with Crippen molar-refractivity contribution in [2.75, 3.05) is 0 Å². The molecule has 0 saturated carbocycles. The molecule has 0 aromatic carbocycles. The van der Waals surface area contributed by atoms with Crippen LogP contribution in [0.1, 0.15) is 6.92 Å². The number of H-pyrrole nitrogens is 2. The van der Waals surface area contributed by atoms with Gasteiger partial charge in [0.1, 0.15) is 0 Å². The molecule has 54 valence electrons. The van der Waals surface area contributed by atoms with Crippen molar-refractivity contribution in [1.29, 1.82) is 0 Å². The molecule has 0 saturated heterocycles. The Balaban J connectivity index is 2.85. The van der Waals surface area contributed by atoms with Crippen LogP contribution in [0.15, 0.2) is 0 Å². The minimum atomic E-state index is -0.438. The van der Waals surface area contributed by atoms with Crippen molar-refractivity contribution >= 4 is 18.2 Å². The third kappa shape index (κ3) is 1.41. The van der Waals surface area contributed by atoms with Gasteiger partial charge in [-0.15, -0.1) is 5.10 Å². The van der Waals surface area contributed by atoms with Crippen molar-refractivity contribution in [2.45, 2.75) is 6.92 Å². The average molecular weight is 159 g/mol. The number of carbonyl (C=O) groups is 1. The Morgan fingerprint density at radius 1 is 1.80 bits per heavy atom. The summed E-state index contributed by atoms with van der Waals surface area (Å²) >= 11 is 4.68. The number of hydrogen-bond acceptors (Lipinski definition) is 4. The summed E-state index contributed by atoms with van der Waals surface area (Å²) in [5.74, 6) is -0.325. The van der Waals surface area contributed by atoms with E-state index in [-0.39, 0.29) is 10.5 Å². The number of ether oxygens (including phenoxy) is 1. The van der Waals surface area contributed by atoms with Crippen molar-refractivity contribution in [3.63, 3.8) is 0 Å². The molecular weight excluding hydrogens is 154 g/mol. The topological polar surface area (TPSA) is 70.8 Å². The third-order valence-electron chi connectivity index (χ3n) is 0.762. The second kappa shape index (κ2) is 2.61. The van der Waals surface area contributed by atoms with E-state index in [1.54, 1.807) is 0 Å². The van der Waals surface area contributed by atoms with Crippen molar-refractivity contribution < 1.29 is 9.53 Å². The van der Waals surface area contributed by atoms with Crippen molar-refractivity contribution in [2.24, 2.45) is 0 Å². The second-order valence-electron chi connectivity index (χ2n) is 1.58. The van der Waals surface area contributed by atoms with E-state index in [9.17, 15) is 4.79 Å². The fraction of sp³-hybridized carbons (Fsp3) is 0.250. The van der Waals surface area contributed by atoms with Gasteiger partial charge >= 0.3 is 5.97 Å². The van der Waals surface area contributed by atoms with Crippen LogP contribution in [0.25, 0.3) is 0 Å². The van der Waals surface area contributed by atoms with E-state index >= 15 is 0 Å². The minimum absolute atomic E-state index is 0.113. The molecule has 0 atom stereocenters. The molecule has 0 aliphatic heterocycles. The number of aromatic nitrogens is 3. The van der Waals surface area contributed by atoms with Crippen molar-refractivity contribution in [3.8, 4) is 5.88 Å². The van der Waals surface area contributed by atoms with E-state index in [4.69, 9.17) is 0 Å². The van der Waals surface area contributed by atoms with Crippen LogP contribution in [0.3, 0.4) is 0 Å². The Kier molecular flexibility index (Phi) is 1.81. The normalized spacial score (nSPS) is 9.30. The first-order valence-corrected chi connectivity index (χ1v) is 2.92. The summed E-state index contributed by atoms with van der Waals surface area (Å²) in [6.45, 7) is 1.28. The van der Waals surface area contributed by atoms with Crippen molar-refractivity contribution in [3.05, 3.63) is 4.64 Å². The Bertz CT molecular complexity index is 289. The van der Waals surface area contributed by atoms with Gasteiger partial charge in [0.15, 0.2) is 4.64 Å². The highest BCUT2D eigenvalue weighted by Crippen LogP contribution is 2.03. The number of nitrogens with zero attached hydrogens (tertiary/aromatic N) is 1.